The molecule has 1 unspecified atom stereocenters. The van der Waals surface area contributed by atoms with Gasteiger partial charge < -0.3 is 5.73 Å². The lowest BCUT2D eigenvalue weighted by Crippen LogP contribution is -2.27. The maximum absolute atomic E-state index is 12.6. The zero-order chi connectivity index (χ0) is 13.4. The van der Waals surface area contributed by atoms with E-state index in [1.165, 1.54) is 0 Å². The summed E-state index contributed by atoms with van der Waals surface area (Å²) in [5.41, 5.74) is 5.88. The molecule has 1 heterocycles. The van der Waals surface area contributed by atoms with E-state index in [1.807, 2.05) is 0 Å². The molecule has 0 aliphatic heterocycles. The number of rotatable bonds is 3. The van der Waals surface area contributed by atoms with Gasteiger partial charge in [-0.2, -0.15) is 13.2 Å². The molecule has 1 aromatic rings. The van der Waals surface area contributed by atoms with E-state index in [1.54, 1.807) is 13.8 Å². The Kier molecular flexibility index (Phi) is 3.75. The van der Waals surface area contributed by atoms with E-state index in [4.69, 9.17) is 18.0 Å². The lowest BCUT2D eigenvalue weighted by atomic mass is 10.1. The van der Waals surface area contributed by atoms with Crippen molar-refractivity contribution in [1.29, 1.82) is 0 Å². The molecule has 4 nitrogen and oxygen atoms in total. The number of nitrogens with two attached hydrogens (primary N) is 1. The molecule has 0 bridgehead atoms. The monoisotopic (exact) mass is 266 g/mol. The first-order valence-electron chi connectivity index (χ1n) is 4.97. The van der Waals surface area contributed by atoms with Gasteiger partial charge in [-0.25, -0.2) is 4.68 Å². The number of aromatic nitrogens is 3. The van der Waals surface area contributed by atoms with Gasteiger partial charge in [-0.15, -0.1) is 5.10 Å². The first-order chi connectivity index (χ1) is 7.66. The molecule has 96 valence electrons. The number of alkyl halides is 3. The van der Waals surface area contributed by atoms with E-state index in [0.29, 0.717) is 5.69 Å². The minimum absolute atomic E-state index is 0.0469. The van der Waals surface area contributed by atoms with Gasteiger partial charge in [0.15, 0.2) is 0 Å². The minimum atomic E-state index is -4.38. The fourth-order valence-corrected chi connectivity index (χ4v) is 1.58. The molecule has 0 saturated heterocycles. The van der Waals surface area contributed by atoms with Crippen molar-refractivity contribution in [2.24, 2.45) is 5.73 Å². The van der Waals surface area contributed by atoms with Crippen LogP contribution in [-0.2, 0) is 0 Å². The molecular formula is C9H13F3N4S. The van der Waals surface area contributed by atoms with E-state index in [9.17, 15) is 13.2 Å². The Labute approximate surface area is 102 Å². The Morgan fingerprint density at radius 1 is 1.35 bits per heavy atom. The third-order valence-corrected chi connectivity index (χ3v) is 2.54. The van der Waals surface area contributed by atoms with Crippen LogP contribution in [0.5, 0.6) is 0 Å². The van der Waals surface area contributed by atoms with Crippen LogP contribution < -0.4 is 5.73 Å². The lowest BCUT2D eigenvalue weighted by molar-refractivity contribution is -0.166. The van der Waals surface area contributed by atoms with Crippen LogP contribution in [0.3, 0.4) is 0 Å². The normalized spacial score (nSPS) is 14.1. The fraction of sp³-hybridized carbons (Fsp3) is 0.667. The molecule has 0 saturated carbocycles. The molecule has 1 atom stereocenters. The van der Waals surface area contributed by atoms with Crippen LogP contribution in [0, 0.1) is 0 Å². The van der Waals surface area contributed by atoms with Gasteiger partial charge in [0.25, 0.3) is 0 Å². The largest absolute Gasteiger partial charge is 0.410 e. The Morgan fingerprint density at radius 2 is 1.88 bits per heavy atom. The predicted octanol–water partition coefficient (Wildman–Crippen LogP) is 2.16. The van der Waals surface area contributed by atoms with Crippen molar-refractivity contribution in [3.8, 4) is 0 Å². The number of halogens is 3. The summed E-state index contributed by atoms with van der Waals surface area (Å²) in [5.74, 6) is -0.202. The van der Waals surface area contributed by atoms with Gasteiger partial charge in [-0.05, 0) is 12.8 Å². The Hall–Kier alpha value is -1.18. The van der Waals surface area contributed by atoms with Crippen LogP contribution in [0.1, 0.15) is 44.1 Å². The summed E-state index contributed by atoms with van der Waals surface area (Å²) in [6.45, 7) is 4.49. The maximum Gasteiger partial charge on any atom is 0.410 e. The quantitative estimate of drug-likeness (QED) is 0.852. The number of thiocarbonyl (C=S) groups is 1. The van der Waals surface area contributed by atoms with E-state index in [-0.39, 0.29) is 16.6 Å². The topological polar surface area (TPSA) is 56.7 Å². The van der Waals surface area contributed by atoms with Crippen LogP contribution in [0.4, 0.5) is 13.2 Å². The van der Waals surface area contributed by atoms with Crippen molar-refractivity contribution in [2.75, 3.05) is 0 Å². The van der Waals surface area contributed by atoms with Crippen LogP contribution >= 0.6 is 12.2 Å². The third kappa shape index (κ3) is 2.74. The number of hydrogen-bond acceptors (Lipinski definition) is 3. The zero-order valence-electron chi connectivity index (χ0n) is 9.62. The van der Waals surface area contributed by atoms with Crippen molar-refractivity contribution in [2.45, 2.75) is 38.9 Å². The highest BCUT2D eigenvalue weighted by Gasteiger charge is 2.40. The minimum Gasteiger partial charge on any atom is -0.388 e. The molecular weight excluding hydrogens is 253 g/mol. The van der Waals surface area contributed by atoms with Crippen LogP contribution in [0.2, 0.25) is 0 Å². The fourth-order valence-electron chi connectivity index (χ4n) is 1.44. The molecule has 0 radical (unpaired) electrons. The van der Waals surface area contributed by atoms with Gasteiger partial charge in [0.05, 0.1) is 5.69 Å². The van der Waals surface area contributed by atoms with Crippen molar-refractivity contribution >= 4 is 17.2 Å². The SMILES string of the molecule is CC(C)c1c(C(N)=S)nnn1C(C)C(F)(F)F. The molecule has 0 aliphatic carbocycles. The zero-order valence-corrected chi connectivity index (χ0v) is 10.4. The van der Waals surface area contributed by atoms with Crippen molar-refractivity contribution in [3.63, 3.8) is 0 Å². The molecule has 1 rings (SSSR count). The molecule has 0 spiro atoms. The highest BCUT2D eigenvalue weighted by atomic mass is 32.1. The predicted molar refractivity (Wildman–Crippen MR) is 60.8 cm³/mol. The van der Waals surface area contributed by atoms with Gasteiger partial charge in [-0.3, -0.25) is 0 Å². The van der Waals surface area contributed by atoms with Crippen LogP contribution in [-0.4, -0.2) is 26.2 Å². The van der Waals surface area contributed by atoms with Crippen molar-refractivity contribution in [1.82, 2.24) is 15.0 Å². The first-order valence-corrected chi connectivity index (χ1v) is 5.38. The average molecular weight is 266 g/mol. The number of nitrogens with zero attached hydrogens (tertiary/aromatic N) is 3. The summed E-state index contributed by atoms with van der Waals surface area (Å²) < 4.78 is 38.7. The average Bonchev–Trinajstić information content (AvgIpc) is 2.58. The van der Waals surface area contributed by atoms with Gasteiger partial charge >= 0.3 is 6.18 Å². The highest BCUT2D eigenvalue weighted by molar-refractivity contribution is 7.80. The van der Waals surface area contributed by atoms with E-state index in [2.05, 4.69) is 10.3 Å². The molecule has 0 fully saturated rings. The Bertz CT molecular complexity index is 424. The molecule has 1 aromatic heterocycles. The summed E-state index contributed by atoms with van der Waals surface area (Å²) in [6.07, 6.45) is -4.38. The maximum atomic E-state index is 12.6. The van der Waals surface area contributed by atoms with Gasteiger partial charge in [-0.1, -0.05) is 31.3 Å². The van der Waals surface area contributed by atoms with E-state index in [0.717, 1.165) is 11.6 Å². The molecule has 0 aromatic carbocycles. The van der Waals surface area contributed by atoms with E-state index < -0.39 is 12.2 Å². The van der Waals surface area contributed by atoms with Crippen molar-refractivity contribution < 1.29 is 13.2 Å². The van der Waals surface area contributed by atoms with Gasteiger partial charge in [0.2, 0.25) is 0 Å². The van der Waals surface area contributed by atoms with E-state index >= 15 is 0 Å². The summed E-state index contributed by atoms with van der Waals surface area (Å²) >= 11 is 4.74. The van der Waals surface area contributed by atoms with Crippen LogP contribution in [0.25, 0.3) is 0 Å². The Morgan fingerprint density at radius 3 is 2.24 bits per heavy atom. The molecule has 2 N–H and O–H groups in total. The molecule has 0 aliphatic rings. The summed E-state index contributed by atoms with van der Waals surface area (Å²) in [5, 5.41) is 7.12. The lowest BCUT2D eigenvalue weighted by Gasteiger charge is -2.19. The van der Waals surface area contributed by atoms with Crippen molar-refractivity contribution in [3.05, 3.63) is 11.4 Å². The highest BCUT2D eigenvalue weighted by Crippen LogP contribution is 2.32. The Balaban J connectivity index is 3.31. The smallest absolute Gasteiger partial charge is 0.388 e. The first kappa shape index (κ1) is 13.9. The molecule has 8 heteroatoms. The number of hydrogen-bond donors (Lipinski definition) is 1. The second-order valence-electron chi connectivity index (χ2n) is 4.00. The standard InChI is InChI=1S/C9H13F3N4S/c1-4(2)7-6(8(13)17)14-15-16(7)5(3)9(10,11)12/h4-5H,1-3H3,(H2,13,17). The third-order valence-electron chi connectivity index (χ3n) is 2.35. The van der Waals surface area contributed by atoms with Crippen LogP contribution in [0.15, 0.2) is 0 Å². The summed E-state index contributed by atoms with van der Waals surface area (Å²) in [7, 11) is 0. The van der Waals surface area contributed by atoms with Gasteiger partial charge in [0, 0.05) is 0 Å². The summed E-state index contributed by atoms with van der Waals surface area (Å²) in [4.78, 5) is -0.0469. The molecule has 0 amide bonds. The second kappa shape index (κ2) is 4.59. The molecule has 17 heavy (non-hydrogen) atoms. The van der Waals surface area contributed by atoms with Gasteiger partial charge in [0.1, 0.15) is 16.7 Å². The second-order valence-corrected chi connectivity index (χ2v) is 4.44. The summed E-state index contributed by atoms with van der Waals surface area (Å²) in [6, 6.07) is -1.75.